The highest BCUT2D eigenvalue weighted by Gasteiger charge is 2.78. The van der Waals surface area contributed by atoms with Crippen molar-refractivity contribution in [3.05, 3.63) is 24.3 Å². The van der Waals surface area contributed by atoms with Crippen LogP contribution < -0.4 is 9.64 Å². The van der Waals surface area contributed by atoms with Gasteiger partial charge in [0.25, 0.3) is 0 Å². The second-order valence-electron chi connectivity index (χ2n) is 6.63. The molecule has 18 heteroatoms. The highest BCUT2D eigenvalue weighted by Crippen LogP contribution is 2.48. The Morgan fingerprint density at radius 1 is 0.714 bits per heavy atom. The number of carbonyl (C=O) groups excluding carboxylic acids is 2. The molecule has 0 unspecified atom stereocenters. The van der Waals surface area contributed by atoms with Crippen LogP contribution in [0, 0.1) is 0 Å². The van der Waals surface area contributed by atoms with Crippen LogP contribution in [0.25, 0.3) is 0 Å². The SMILES string of the molecule is CCCN(C(=O)C(F)(F)C(F)(F)C(F)(F)F)c1ccc(OC(=O)C(F)(F)C(F)(F)C(F)(F)F)cc1. The van der Waals surface area contributed by atoms with Gasteiger partial charge in [0.2, 0.25) is 0 Å². The molecule has 0 heterocycles. The maximum absolute atomic E-state index is 13.8. The summed E-state index contributed by atoms with van der Waals surface area (Å²) < 4.78 is 183. The Labute approximate surface area is 185 Å². The third-order valence-corrected chi connectivity index (χ3v) is 4.08. The molecule has 0 aromatic heterocycles. The van der Waals surface area contributed by atoms with Gasteiger partial charge in [-0.1, -0.05) is 6.92 Å². The summed E-state index contributed by atoms with van der Waals surface area (Å²) >= 11 is 0. The van der Waals surface area contributed by atoms with Gasteiger partial charge in [-0.15, -0.1) is 0 Å². The number of hydrogen-bond acceptors (Lipinski definition) is 3. The fourth-order valence-corrected chi connectivity index (χ4v) is 2.22. The lowest BCUT2D eigenvalue weighted by atomic mass is 10.1. The minimum atomic E-state index is -6.87. The molecule has 0 bridgehead atoms. The molecule has 0 atom stereocenters. The molecular formula is C17H11F14NO3. The molecule has 0 saturated carbocycles. The van der Waals surface area contributed by atoms with Crippen LogP contribution >= 0.6 is 0 Å². The Morgan fingerprint density at radius 3 is 1.49 bits per heavy atom. The van der Waals surface area contributed by atoms with E-state index in [1.165, 1.54) is 6.92 Å². The molecule has 1 rings (SSSR count). The first kappa shape index (κ1) is 30.2. The Kier molecular flexibility index (Phi) is 8.05. The van der Waals surface area contributed by atoms with E-state index in [1.807, 2.05) is 0 Å². The summed E-state index contributed by atoms with van der Waals surface area (Å²) in [6, 6.07) is 1.31. The van der Waals surface area contributed by atoms with Gasteiger partial charge in [-0.25, -0.2) is 4.79 Å². The molecule has 0 saturated heterocycles. The Balaban J connectivity index is 3.25. The molecule has 0 fully saturated rings. The van der Waals surface area contributed by atoms with Crippen molar-refractivity contribution in [2.24, 2.45) is 0 Å². The molecule has 0 N–H and O–H groups in total. The predicted octanol–water partition coefficient (Wildman–Crippen LogP) is 6.00. The first-order valence-electron chi connectivity index (χ1n) is 8.75. The summed E-state index contributed by atoms with van der Waals surface area (Å²) in [5.74, 6) is -34.1. The zero-order chi connectivity index (χ0) is 27.8. The maximum Gasteiger partial charge on any atom is 0.460 e. The van der Waals surface area contributed by atoms with Gasteiger partial charge in [-0.2, -0.15) is 61.5 Å². The van der Waals surface area contributed by atoms with E-state index in [-0.39, 0.29) is 23.5 Å². The van der Waals surface area contributed by atoms with E-state index in [9.17, 15) is 71.1 Å². The number of carbonyl (C=O) groups is 2. The lowest BCUT2D eigenvalue weighted by molar-refractivity contribution is -0.346. The van der Waals surface area contributed by atoms with Crippen molar-refractivity contribution in [2.75, 3.05) is 11.4 Å². The van der Waals surface area contributed by atoms with Crippen molar-refractivity contribution in [2.45, 2.75) is 49.4 Å². The summed E-state index contributed by atoms with van der Waals surface area (Å²) in [6.45, 7) is 0.288. The van der Waals surface area contributed by atoms with Gasteiger partial charge in [-0.3, -0.25) is 4.79 Å². The van der Waals surface area contributed by atoms with Crippen LogP contribution in [-0.4, -0.2) is 54.5 Å². The maximum atomic E-state index is 13.8. The molecule has 0 aliphatic heterocycles. The normalized spacial score (nSPS) is 14.0. The highest BCUT2D eigenvalue weighted by atomic mass is 19.4. The molecule has 1 aromatic rings. The van der Waals surface area contributed by atoms with Crippen LogP contribution in [0.1, 0.15) is 13.3 Å². The van der Waals surface area contributed by atoms with Crippen molar-refractivity contribution in [3.63, 3.8) is 0 Å². The van der Waals surface area contributed by atoms with Crippen LogP contribution in [0.5, 0.6) is 5.75 Å². The van der Waals surface area contributed by atoms with Gasteiger partial charge >= 0.3 is 47.9 Å². The smallest absolute Gasteiger partial charge is 0.422 e. The summed E-state index contributed by atoms with van der Waals surface area (Å²) in [4.78, 5) is 22.8. The average Bonchev–Trinajstić information content (AvgIpc) is 2.70. The molecule has 4 nitrogen and oxygen atoms in total. The quantitative estimate of drug-likeness (QED) is 0.230. The third kappa shape index (κ3) is 5.39. The third-order valence-electron chi connectivity index (χ3n) is 4.08. The fraction of sp³-hybridized carbons (Fsp3) is 0.529. The van der Waals surface area contributed by atoms with Crippen molar-refractivity contribution < 1.29 is 75.8 Å². The number of hydrogen-bond donors (Lipinski definition) is 0. The first-order valence-corrected chi connectivity index (χ1v) is 8.75. The van der Waals surface area contributed by atoms with Crippen LogP contribution in [0.2, 0.25) is 0 Å². The van der Waals surface area contributed by atoms with Gasteiger partial charge in [0.1, 0.15) is 5.75 Å². The first-order chi connectivity index (χ1) is 15.5. The van der Waals surface area contributed by atoms with Gasteiger partial charge in [0.05, 0.1) is 0 Å². The minimum absolute atomic E-state index is 0.266. The van der Waals surface area contributed by atoms with Crippen molar-refractivity contribution in [3.8, 4) is 5.75 Å². The average molecular weight is 543 g/mol. The lowest BCUT2D eigenvalue weighted by Crippen LogP contribution is -2.60. The van der Waals surface area contributed by atoms with E-state index >= 15 is 0 Å². The Hall–Kier alpha value is -2.82. The van der Waals surface area contributed by atoms with Gasteiger partial charge < -0.3 is 9.64 Å². The molecule has 200 valence electrons. The zero-order valence-corrected chi connectivity index (χ0v) is 16.7. The van der Waals surface area contributed by atoms with Gasteiger partial charge in [0.15, 0.2) is 0 Å². The van der Waals surface area contributed by atoms with E-state index in [0.29, 0.717) is 12.1 Å². The summed E-state index contributed by atoms with van der Waals surface area (Å²) in [5, 5.41) is 0. The number of benzene rings is 1. The number of esters is 1. The van der Waals surface area contributed by atoms with Crippen molar-refractivity contribution in [1.82, 2.24) is 0 Å². The van der Waals surface area contributed by atoms with Gasteiger partial charge in [0, 0.05) is 12.2 Å². The summed E-state index contributed by atoms with van der Waals surface area (Å²) in [5.41, 5.74) is -0.873. The van der Waals surface area contributed by atoms with E-state index < -0.39 is 65.9 Å². The molecule has 35 heavy (non-hydrogen) atoms. The molecule has 0 aliphatic carbocycles. The topological polar surface area (TPSA) is 46.6 Å². The number of nitrogens with zero attached hydrogens (tertiary/aromatic N) is 1. The predicted molar refractivity (Wildman–Crippen MR) is 86.6 cm³/mol. The van der Waals surface area contributed by atoms with Gasteiger partial charge in [-0.05, 0) is 30.7 Å². The molecule has 0 spiro atoms. The number of alkyl halides is 14. The van der Waals surface area contributed by atoms with Crippen LogP contribution in [0.3, 0.4) is 0 Å². The molecular weight excluding hydrogens is 532 g/mol. The molecule has 0 radical (unpaired) electrons. The molecule has 0 aliphatic rings. The minimum Gasteiger partial charge on any atom is -0.422 e. The monoisotopic (exact) mass is 543 g/mol. The second kappa shape index (κ2) is 9.33. The zero-order valence-electron chi connectivity index (χ0n) is 16.7. The molecule has 1 aromatic carbocycles. The van der Waals surface area contributed by atoms with E-state index in [0.717, 1.165) is 0 Å². The van der Waals surface area contributed by atoms with Crippen LogP contribution in [0.4, 0.5) is 67.2 Å². The van der Waals surface area contributed by atoms with E-state index in [1.54, 1.807) is 0 Å². The standard InChI is InChI=1S/C17H11F14NO3/c1-2-7-32(10(33)12(18,19)14(22,23)16(26,27)28)8-3-5-9(6-4-8)35-11(34)13(20,21)15(24,25)17(29,30)31/h3-6H,2,7H2,1H3. The van der Waals surface area contributed by atoms with Crippen LogP contribution in [-0.2, 0) is 9.59 Å². The number of amides is 1. The number of rotatable bonds is 8. The van der Waals surface area contributed by atoms with E-state index in [4.69, 9.17) is 0 Å². The second-order valence-corrected chi connectivity index (χ2v) is 6.63. The van der Waals surface area contributed by atoms with Crippen LogP contribution in [0.15, 0.2) is 24.3 Å². The Morgan fingerprint density at radius 2 is 1.11 bits per heavy atom. The van der Waals surface area contributed by atoms with E-state index in [2.05, 4.69) is 4.74 Å². The molecule has 1 amide bonds. The highest BCUT2D eigenvalue weighted by molar-refractivity contribution is 5.99. The number of halogens is 14. The lowest BCUT2D eigenvalue weighted by Gasteiger charge is -2.32. The summed E-state index contributed by atoms with van der Waals surface area (Å²) in [7, 11) is 0. The largest absolute Gasteiger partial charge is 0.460 e. The number of anilines is 1. The Bertz CT molecular complexity index is 921. The fourth-order valence-electron chi connectivity index (χ4n) is 2.22. The van der Waals surface area contributed by atoms with Crippen molar-refractivity contribution >= 4 is 17.6 Å². The number of ether oxygens (including phenoxy) is 1. The van der Waals surface area contributed by atoms with Crippen molar-refractivity contribution in [1.29, 1.82) is 0 Å². The summed E-state index contributed by atoms with van der Waals surface area (Å²) in [6.07, 6.45) is -14.0.